The Labute approximate surface area is 68.6 Å². The molecule has 3 rings (SSSR count). The molecule has 2 N–H and O–H groups in total. The molecule has 3 heterocycles. The lowest BCUT2D eigenvalue weighted by molar-refractivity contribution is 0.519. The van der Waals surface area contributed by atoms with Crippen LogP contribution in [0.5, 0.6) is 0 Å². The first-order valence-electron chi connectivity index (χ1n) is 3.79. The number of H-pyrrole nitrogens is 1. The molecule has 0 fully saturated rings. The number of furan rings is 1. The minimum atomic E-state index is 0.796. The summed E-state index contributed by atoms with van der Waals surface area (Å²) < 4.78 is 5.27. The number of nitrogens with one attached hydrogen (secondary N) is 2. The van der Waals surface area contributed by atoms with Crippen LogP contribution < -0.4 is 5.32 Å². The summed E-state index contributed by atoms with van der Waals surface area (Å²) in [6.45, 7) is 0. The Morgan fingerprint density at radius 2 is 2.42 bits per heavy atom. The van der Waals surface area contributed by atoms with Crippen LogP contribution in [0.2, 0.25) is 0 Å². The van der Waals surface area contributed by atoms with Gasteiger partial charge in [-0.1, -0.05) is 0 Å². The molecule has 4 nitrogen and oxygen atoms in total. The summed E-state index contributed by atoms with van der Waals surface area (Å²) in [5.74, 6) is 0.965. The minimum Gasteiger partial charge on any atom is -0.467 e. The third-order valence-corrected chi connectivity index (χ3v) is 2.07. The normalized spacial score (nSPS) is 13.3. The van der Waals surface area contributed by atoms with Crippen LogP contribution in [0.4, 0.5) is 11.4 Å². The van der Waals surface area contributed by atoms with Gasteiger partial charge in [0, 0.05) is 6.07 Å². The summed E-state index contributed by atoms with van der Waals surface area (Å²) in [4.78, 5) is 0. The quantitative estimate of drug-likeness (QED) is 0.527. The van der Waals surface area contributed by atoms with Gasteiger partial charge in [0.1, 0.15) is 5.76 Å². The van der Waals surface area contributed by atoms with Crippen LogP contribution in [-0.4, -0.2) is 10.2 Å². The molecule has 0 aliphatic carbocycles. The molecule has 12 heavy (non-hydrogen) atoms. The fraction of sp³-hybridized carbons (Fsp3) is 0.125. The number of fused-ring (bicyclic) bond motifs is 2. The van der Waals surface area contributed by atoms with Crippen molar-refractivity contribution in [3.63, 3.8) is 0 Å². The van der Waals surface area contributed by atoms with E-state index in [9.17, 15) is 0 Å². The molecule has 0 bridgehead atoms. The van der Waals surface area contributed by atoms with Gasteiger partial charge in [-0.15, -0.1) is 0 Å². The molecule has 0 spiro atoms. The SMILES string of the molecule is c1cc2c(o1)Cc1[nH]ncc1N2. The van der Waals surface area contributed by atoms with Gasteiger partial charge < -0.3 is 9.73 Å². The van der Waals surface area contributed by atoms with Crippen molar-refractivity contribution in [3.8, 4) is 0 Å². The maximum absolute atomic E-state index is 5.27. The van der Waals surface area contributed by atoms with E-state index in [2.05, 4.69) is 15.5 Å². The third kappa shape index (κ3) is 0.637. The van der Waals surface area contributed by atoms with E-state index in [4.69, 9.17) is 4.42 Å². The largest absolute Gasteiger partial charge is 0.467 e. The molecule has 0 unspecified atom stereocenters. The van der Waals surface area contributed by atoms with E-state index in [1.54, 1.807) is 12.5 Å². The number of anilines is 2. The van der Waals surface area contributed by atoms with Crippen molar-refractivity contribution in [3.05, 3.63) is 30.0 Å². The third-order valence-electron chi connectivity index (χ3n) is 2.07. The van der Waals surface area contributed by atoms with Crippen molar-refractivity contribution in [2.24, 2.45) is 0 Å². The van der Waals surface area contributed by atoms with Gasteiger partial charge in [0.25, 0.3) is 0 Å². The molecular formula is C8H7N3O. The second-order valence-corrected chi connectivity index (χ2v) is 2.82. The average Bonchev–Trinajstić information content (AvgIpc) is 2.64. The lowest BCUT2D eigenvalue weighted by Crippen LogP contribution is -2.02. The minimum absolute atomic E-state index is 0.796. The van der Waals surface area contributed by atoms with Gasteiger partial charge in [-0.2, -0.15) is 5.10 Å². The second kappa shape index (κ2) is 1.91. The van der Waals surface area contributed by atoms with E-state index in [1.807, 2.05) is 6.07 Å². The zero-order chi connectivity index (χ0) is 7.97. The highest BCUT2D eigenvalue weighted by Crippen LogP contribution is 2.31. The van der Waals surface area contributed by atoms with E-state index in [0.29, 0.717) is 0 Å². The van der Waals surface area contributed by atoms with E-state index in [-0.39, 0.29) is 0 Å². The standard InChI is InChI=1S/C8H7N3O/c1-2-12-8-3-6-7(4-9-11-6)10-5(1)8/h1-2,4,10H,3H2,(H,9,11). The maximum atomic E-state index is 5.27. The van der Waals surface area contributed by atoms with Gasteiger partial charge in [-0.3, -0.25) is 5.10 Å². The predicted octanol–water partition coefficient (Wildman–Crippen LogP) is 1.65. The summed E-state index contributed by atoms with van der Waals surface area (Å²) in [6, 6.07) is 1.92. The molecule has 2 aromatic rings. The molecule has 0 saturated carbocycles. The first kappa shape index (κ1) is 5.88. The number of aromatic amines is 1. The molecule has 2 aromatic heterocycles. The Morgan fingerprint density at radius 3 is 3.42 bits per heavy atom. The van der Waals surface area contributed by atoms with Crippen LogP contribution in [0, 0.1) is 0 Å². The van der Waals surface area contributed by atoms with Gasteiger partial charge in [-0.05, 0) is 0 Å². The molecule has 1 aliphatic heterocycles. The fourth-order valence-electron chi connectivity index (χ4n) is 1.45. The molecule has 0 amide bonds. The van der Waals surface area contributed by atoms with Gasteiger partial charge in [0.2, 0.25) is 0 Å². The van der Waals surface area contributed by atoms with Gasteiger partial charge in [-0.25, -0.2) is 0 Å². The molecule has 0 aromatic carbocycles. The predicted molar refractivity (Wildman–Crippen MR) is 43.4 cm³/mol. The summed E-state index contributed by atoms with van der Waals surface area (Å²) in [7, 11) is 0. The Morgan fingerprint density at radius 1 is 1.42 bits per heavy atom. The van der Waals surface area contributed by atoms with Crippen molar-refractivity contribution >= 4 is 11.4 Å². The van der Waals surface area contributed by atoms with Crippen LogP contribution in [0.1, 0.15) is 11.5 Å². The summed E-state index contributed by atoms with van der Waals surface area (Å²) in [6.07, 6.45) is 4.27. The number of nitrogens with zero attached hydrogens (tertiary/aromatic N) is 1. The van der Waals surface area contributed by atoms with Crippen LogP contribution in [0.25, 0.3) is 0 Å². The number of hydrogen-bond donors (Lipinski definition) is 2. The van der Waals surface area contributed by atoms with E-state index >= 15 is 0 Å². The van der Waals surface area contributed by atoms with Crippen LogP contribution in [0.15, 0.2) is 22.9 Å². The fourth-order valence-corrected chi connectivity index (χ4v) is 1.45. The van der Waals surface area contributed by atoms with E-state index < -0.39 is 0 Å². The smallest absolute Gasteiger partial charge is 0.133 e. The molecule has 0 radical (unpaired) electrons. The Balaban J connectivity index is 2.15. The first-order chi connectivity index (χ1) is 5.93. The zero-order valence-corrected chi connectivity index (χ0v) is 6.29. The van der Waals surface area contributed by atoms with Crippen LogP contribution in [0.3, 0.4) is 0 Å². The van der Waals surface area contributed by atoms with Crippen LogP contribution >= 0.6 is 0 Å². The highest BCUT2D eigenvalue weighted by Gasteiger charge is 2.17. The Hall–Kier alpha value is -1.71. The second-order valence-electron chi connectivity index (χ2n) is 2.82. The van der Waals surface area contributed by atoms with Crippen molar-refractivity contribution < 1.29 is 4.42 Å². The van der Waals surface area contributed by atoms with Crippen molar-refractivity contribution in [1.82, 2.24) is 10.2 Å². The Bertz CT molecular complexity index is 342. The maximum Gasteiger partial charge on any atom is 0.133 e. The lowest BCUT2D eigenvalue weighted by atomic mass is 10.1. The molecule has 0 saturated heterocycles. The summed E-state index contributed by atoms with van der Waals surface area (Å²) >= 11 is 0. The molecule has 60 valence electrons. The number of rotatable bonds is 0. The topological polar surface area (TPSA) is 53.9 Å². The van der Waals surface area contributed by atoms with Crippen LogP contribution in [-0.2, 0) is 6.42 Å². The van der Waals surface area contributed by atoms with Gasteiger partial charge in [0.15, 0.2) is 0 Å². The summed E-state index contributed by atoms with van der Waals surface area (Å²) in [5.41, 5.74) is 3.17. The highest BCUT2D eigenvalue weighted by molar-refractivity contribution is 5.67. The van der Waals surface area contributed by atoms with Crippen molar-refractivity contribution in [2.75, 3.05) is 5.32 Å². The number of aromatic nitrogens is 2. The summed E-state index contributed by atoms with van der Waals surface area (Å²) in [5, 5.41) is 10.1. The van der Waals surface area contributed by atoms with Gasteiger partial charge in [0.05, 0.1) is 35.9 Å². The monoisotopic (exact) mass is 161 g/mol. The first-order valence-corrected chi connectivity index (χ1v) is 3.79. The molecule has 4 heteroatoms. The molecular weight excluding hydrogens is 154 g/mol. The molecule has 1 aliphatic rings. The highest BCUT2D eigenvalue weighted by atomic mass is 16.3. The van der Waals surface area contributed by atoms with Crippen molar-refractivity contribution in [2.45, 2.75) is 6.42 Å². The molecule has 0 atom stereocenters. The van der Waals surface area contributed by atoms with E-state index in [1.165, 1.54) is 0 Å². The average molecular weight is 161 g/mol. The number of hydrogen-bond acceptors (Lipinski definition) is 3. The van der Waals surface area contributed by atoms with Crippen molar-refractivity contribution in [1.29, 1.82) is 0 Å². The van der Waals surface area contributed by atoms with E-state index in [0.717, 1.165) is 29.2 Å². The lowest BCUT2D eigenvalue weighted by Gasteiger charge is -2.11. The van der Waals surface area contributed by atoms with Gasteiger partial charge >= 0.3 is 0 Å². The zero-order valence-electron chi connectivity index (χ0n) is 6.29. The Kier molecular flexibility index (Phi) is 0.935.